The molecule has 1 fully saturated rings. The van der Waals surface area contributed by atoms with E-state index in [1.165, 1.54) is 6.42 Å². The molecule has 1 aliphatic rings. The van der Waals surface area contributed by atoms with Crippen molar-refractivity contribution in [1.29, 1.82) is 0 Å². The maximum Gasteiger partial charge on any atom is 0.0960 e. The van der Waals surface area contributed by atoms with Gasteiger partial charge in [0.05, 0.1) is 18.6 Å². The van der Waals surface area contributed by atoms with Crippen molar-refractivity contribution in [3.63, 3.8) is 0 Å². The summed E-state index contributed by atoms with van der Waals surface area (Å²) in [6.45, 7) is 2.25. The lowest BCUT2D eigenvalue weighted by Crippen LogP contribution is -2.08. The van der Waals surface area contributed by atoms with Crippen molar-refractivity contribution in [3.8, 4) is 0 Å². The summed E-state index contributed by atoms with van der Waals surface area (Å²) >= 11 is 0. The number of aliphatic hydroxyl groups excluding tert-OH is 1. The summed E-state index contributed by atoms with van der Waals surface area (Å²) in [5.74, 6) is 1.21. The second kappa shape index (κ2) is 3.54. The maximum absolute atomic E-state index is 9.97. The van der Waals surface area contributed by atoms with Gasteiger partial charge in [-0.2, -0.15) is 0 Å². The van der Waals surface area contributed by atoms with Crippen LogP contribution in [0.2, 0.25) is 0 Å². The molecule has 1 aromatic rings. The summed E-state index contributed by atoms with van der Waals surface area (Å²) in [7, 11) is 0. The van der Waals surface area contributed by atoms with E-state index < -0.39 is 0 Å². The molecule has 0 bridgehead atoms. The molecular formula is C11H16O2. The molecule has 1 saturated carbocycles. The highest BCUT2D eigenvalue weighted by Gasteiger charge is 2.28. The van der Waals surface area contributed by atoms with Crippen LogP contribution in [0.15, 0.2) is 23.0 Å². The molecule has 2 nitrogen and oxygen atoms in total. The van der Waals surface area contributed by atoms with Crippen molar-refractivity contribution in [3.05, 3.63) is 24.2 Å². The Morgan fingerprint density at radius 1 is 1.54 bits per heavy atom. The van der Waals surface area contributed by atoms with E-state index in [0.717, 1.165) is 24.3 Å². The lowest BCUT2D eigenvalue weighted by Gasteiger charge is -2.15. The zero-order chi connectivity index (χ0) is 9.26. The van der Waals surface area contributed by atoms with Crippen molar-refractivity contribution in [2.75, 3.05) is 0 Å². The van der Waals surface area contributed by atoms with Crippen LogP contribution < -0.4 is 0 Å². The van der Waals surface area contributed by atoms with Gasteiger partial charge < -0.3 is 9.52 Å². The zero-order valence-corrected chi connectivity index (χ0v) is 7.94. The van der Waals surface area contributed by atoms with Gasteiger partial charge in [-0.25, -0.2) is 0 Å². The van der Waals surface area contributed by atoms with E-state index in [-0.39, 0.29) is 6.10 Å². The van der Waals surface area contributed by atoms with Gasteiger partial charge in [0, 0.05) is 5.56 Å². The van der Waals surface area contributed by atoms with Crippen LogP contribution in [0.5, 0.6) is 0 Å². The highest BCUT2D eigenvalue weighted by Crippen LogP contribution is 2.38. The van der Waals surface area contributed by atoms with E-state index in [1.54, 1.807) is 12.5 Å². The number of hydrogen-bond donors (Lipinski definition) is 1. The predicted molar refractivity (Wildman–Crippen MR) is 50.2 cm³/mol. The fourth-order valence-electron chi connectivity index (χ4n) is 2.25. The molecule has 0 aromatic carbocycles. The first-order valence-electron chi connectivity index (χ1n) is 4.97. The second-order valence-corrected chi connectivity index (χ2v) is 4.18. The molecule has 3 unspecified atom stereocenters. The van der Waals surface area contributed by atoms with Crippen molar-refractivity contribution >= 4 is 0 Å². The topological polar surface area (TPSA) is 33.4 Å². The normalized spacial score (nSPS) is 30.6. The van der Waals surface area contributed by atoms with E-state index in [0.29, 0.717) is 5.92 Å². The Balaban J connectivity index is 2.02. The molecule has 0 aliphatic heterocycles. The minimum atomic E-state index is -0.316. The van der Waals surface area contributed by atoms with Crippen molar-refractivity contribution in [1.82, 2.24) is 0 Å². The molecule has 1 N–H and O–H groups in total. The van der Waals surface area contributed by atoms with E-state index in [4.69, 9.17) is 4.42 Å². The third kappa shape index (κ3) is 1.78. The standard InChI is InChI=1S/C11H16O2/c1-8-2-3-9(6-8)11(12)10-4-5-13-7-10/h4-5,7-9,11-12H,2-3,6H2,1H3. The third-order valence-electron chi connectivity index (χ3n) is 3.07. The molecule has 3 atom stereocenters. The van der Waals surface area contributed by atoms with Crippen LogP contribution in [0.4, 0.5) is 0 Å². The van der Waals surface area contributed by atoms with Gasteiger partial charge in [0.2, 0.25) is 0 Å². The second-order valence-electron chi connectivity index (χ2n) is 4.18. The van der Waals surface area contributed by atoms with Gasteiger partial charge in [0.1, 0.15) is 0 Å². The highest BCUT2D eigenvalue weighted by molar-refractivity contribution is 5.10. The average Bonchev–Trinajstić information content (AvgIpc) is 2.72. The Bertz CT molecular complexity index is 253. The third-order valence-corrected chi connectivity index (χ3v) is 3.07. The minimum absolute atomic E-state index is 0.316. The molecule has 0 saturated heterocycles. The summed E-state index contributed by atoms with van der Waals surface area (Å²) < 4.78 is 4.96. The first kappa shape index (κ1) is 8.82. The maximum atomic E-state index is 9.97. The van der Waals surface area contributed by atoms with Gasteiger partial charge in [0.25, 0.3) is 0 Å². The van der Waals surface area contributed by atoms with E-state index >= 15 is 0 Å². The number of aliphatic hydroxyl groups is 1. The monoisotopic (exact) mass is 180 g/mol. The number of rotatable bonds is 2. The first-order valence-corrected chi connectivity index (χ1v) is 4.97. The summed E-state index contributed by atoms with van der Waals surface area (Å²) in [4.78, 5) is 0. The Morgan fingerprint density at radius 2 is 2.38 bits per heavy atom. The summed E-state index contributed by atoms with van der Waals surface area (Å²) in [5.41, 5.74) is 0.930. The fraction of sp³-hybridized carbons (Fsp3) is 0.636. The number of furan rings is 1. The summed E-state index contributed by atoms with van der Waals surface area (Å²) in [6, 6.07) is 1.85. The van der Waals surface area contributed by atoms with Gasteiger partial charge in [-0.3, -0.25) is 0 Å². The van der Waals surface area contributed by atoms with Crippen LogP contribution in [0, 0.1) is 11.8 Å². The van der Waals surface area contributed by atoms with Crippen LogP contribution in [0.25, 0.3) is 0 Å². The van der Waals surface area contributed by atoms with Crippen molar-refractivity contribution in [2.45, 2.75) is 32.3 Å². The minimum Gasteiger partial charge on any atom is -0.472 e. The van der Waals surface area contributed by atoms with Crippen LogP contribution in [-0.4, -0.2) is 5.11 Å². The molecule has 72 valence electrons. The Labute approximate surface area is 78.6 Å². The Kier molecular flexibility index (Phi) is 2.40. The SMILES string of the molecule is CC1CCC(C(O)c2ccoc2)C1. The van der Waals surface area contributed by atoms with Gasteiger partial charge in [-0.05, 0) is 30.7 Å². The number of hydrogen-bond acceptors (Lipinski definition) is 2. The molecule has 1 aromatic heterocycles. The Hall–Kier alpha value is -0.760. The summed E-state index contributed by atoms with van der Waals surface area (Å²) in [5, 5.41) is 9.97. The molecule has 0 spiro atoms. The van der Waals surface area contributed by atoms with Crippen LogP contribution in [0.3, 0.4) is 0 Å². The molecule has 2 rings (SSSR count). The van der Waals surface area contributed by atoms with E-state index in [1.807, 2.05) is 6.07 Å². The summed E-state index contributed by atoms with van der Waals surface area (Å²) in [6.07, 6.45) is 6.49. The van der Waals surface area contributed by atoms with Crippen LogP contribution in [-0.2, 0) is 0 Å². The lowest BCUT2D eigenvalue weighted by atomic mass is 9.95. The smallest absolute Gasteiger partial charge is 0.0960 e. The van der Waals surface area contributed by atoms with Gasteiger partial charge in [-0.1, -0.05) is 13.3 Å². The van der Waals surface area contributed by atoms with Gasteiger partial charge >= 0.3 is 0 Å². The van der Waals surface area contributed by atoms with Crippen LogP contribution >= 0.6 is 0 Å². The molecule has 1 aliphatic carbocycles. The van der Waals surface area contributed by atoms with Crippen LogP contribution in [0.1, 0.15) is 37.9 Å². The Morgan fingerprint density at radius 3 is 2.92 bits per heavy atom. The molecule has 2 heteroatoms. The largest absolute Gasteiger partial charge is 0.472 e. The first-order chi connectivity index (χ1) is 6.27. The van der Waals surface area contributed by atoms with Gasteiger partial charge in [0.15, 0.2) is 0 Å². The van der Waals surface area contributed by atoms with E-state index in [2.05, 4.69) is 6.92 Å². The van der Waals surface area contributed by atoms with Gasteiger partial charge in [-0.15, -0.1) is 0 Å². The molecular weight excluding hydrogens is 164 g/mol. The van der Waals surface area contributed by atoms with Crippen molar-refractivity contribution in [2.24, 2.45) is 11.8 Å². The lowest BCUT2D eigenvalue weighted by molar-refractivity contribution is 0.109. The average molecular weight is 180 g/mol. The fourth-order valence-corrected chi connectivity index (χ4v) is 2.25. The molecule has 0 amide bonds. The molecule has 1 heterocycles. The highest BCUT2D eigenvalue weighted by atomic mass is 16.3. The molecule has 13 heavy (non-hydrogen) atoms. The molecule has 0 radical (unpaired) electrons. The van der Waals surface area contributed by atoms with E-state index in [9.17, 15) is 5.11 Å². The van der Waals surface area contributed by atoms with Crippen molar-refractivity contribution < 1.29 is 9.52 Å². The quantitative estimate of drug-likeness (QED) is 0.759. The zero-order valence-electron chi connectivity index (χ0n) is 7.94. The predicted octanol–water partition coefficient (Wildman–Crippen LogP) is 2.75.